The summed E-state index contributed by atoms with van der Waals surface area (Å²) in [6, 6.07) is -0.470. The van der Waals surface area contributed by atoms with Crippen LogP contribution in [0.5, 0.6) is 0 Å². The molecule has 0 aromatic carbocycles. The van der Waals surface area contributed by atoms with E-state index >= 15 is 0 Å². The molecule has 1 aliphatic carbocycles. The predicted octanol–water partition coefficient (Wildman–Crippen LogP) is 2.43. The van der Waals surface area contributed by atoms with Gasteiger partial charge in [0, 0.05) is 5.92 Å². The van der Waals surface area contributed by atoms with Crippen molar-refractivity contribution in [2.75, 3.05) is 0 Å². The Balaban J connectivity index is 2.61. The second kappa shape index (κ2) is 3.36. The highest BCUT2D eigenvalue weighted by Gasteiger charge is 2.33. The minimum atomic E-state index is -1.39. The molecule has 0 saturated heterocycles. The number of rotatable bonds is 1. The number of nitrogens with two attached hydrogens (primary N) is 1. The van der Waals surface area contributed by atoms with Crippen molar-refractivity contribution in [3.05, 3.63) is 24.3 Å². The summed E-state index contributed by atoms with van der Waals surface area (Å²) in [4.78, 5) is 0. The van der Waals surface area contributed by atoms with Gasteiger partial charge in [-0.15, -0.1) is 0 Å². The topological polar surface area (TPSA) is 26.0 Å². The minimum absolute atomic E-state index is 0.0440. The lowest BCUT2D eigenvalue weighted by atomic mass is 10.0. The van der Waals surface area contributed by atoms with Gasteiger partial charge in [-0.1, -0.05) is 59.1 Å². The Hall–Kier alpha value is 0.310. The standard InChI is InChI=1S/C7H8Cl3N/c8-7(9,10)6(11)5-3-1-2-4-5/h1-6H,11H2/t6-/m0/s1. The predicted molar refractivity (Wildman–Crippen MR) is 50.0 cm³/mol. The van der Waals surface area contributed by atoms with E-state index in [9.17, 15) is 0 Å². The molecule has 1 nitrogen and oxygen atoms in total. The molecule has 1 aliphatic rings. The molecule has 0 spiro atoms. The molecule has 4 heteroatoms. The SMILES string of the molecule is N[C@@H](C1C=CC=C1)C(Cl)(Cl)Cl. The average molecular weight is 213 g/mol. The van der Waals surface area contributed by atoms with Crippen LogP contribution < -0.4 is 5.73 Å². The molecule has 11 heavy (non-hydrogen) atoms. The zero-order valence-corrected chi connectivity index (χ0v) is 7.94. The molecule has 0 bridgehead atoms. The summed E-state index contributed by atoms with van der Waals surface area (Å²) < 4.78 is -1.39. The van der Waals surface area contributed by atoms with Crippen molar-refractivity contribution >= 4 is 34.8 Å². The first-order valence-electron chi connectivity index (χ1n) is 3.19. The Morgan fingerprint density at radius 1 is 1.18 bits per heavy atom. The second-order valence-corrected chi connectivity index (χ2v) is 4.78. The number of hydrogen-bond donors (Lipinski definition) is 1. The molecular weight excluding hydrogens is 204 g/mol. The third-order valence-electron chi connectivity index (χ3n) is 1.57. The summed E-state index contributed by atoms with van der Waals surface area (Å²) >= 11 is 16.8. The molecule has 0 aromatic heterocycles. The fourth-order valence-corrected chi connectivity index (χ4v) is 1.34. The van der Waals surface area contributed by atoms with Gasteiger partial charge in [-0.2, -0.15) is 0 Å². The molecule has 0 saturated carbocycles. The molecule has 1 atom stereocenters. The zero-order valence-electron chi connectivity index (χ0n) is 5.68. The van der Waals surface area contributed by atoms with Crippen molar-refractivity contribution in [1.82, 2.24) is 0 Å². The van der Waals surface area contributed by atoms with Gasteiger partial charge in [0.05, 0.1) is 6.04 Å². The summed E-state index contributed by atoms with van der Waals surface area (Å²) in [6.45, 7) is 0. The smallest absolute Gasteiger partial charge is 0.206 e. The van der Waals surface area contributed by atoms with Gasteiger partial charge < -0.3 is 5.73 Å². The van der Waals surface area contributed by atoms with E-state index in [-0.39, 0.29) is 5.92 Å². The number of alkyl halides is 3. The van der Waals surface area contributed by atoms with Crippen molar-refractivity contribution in [2.24, 2.45) is 11.7 Å². The van der Waals surface area contributed by atoms with E-state index in [1.807, 2.05) is 24.3 Å². The Bertz CT molecular complexity index is 180. The Morgan fingerprint density at radius 2 is 1.64 bits per heavy atom. The summed E-state index contributed by atoms with van der Waals surface area (Å²) in [5.41, 5.74) is 5.66. The molecule has 1 rings (SSSR count). The van der Waals surface area contributed by atoms with E-state index < -0.39 is 9.83 Å². The van der Waals surface area contributed by atoms with Crippen LogP contribution in [0.2, 0.25) is 0 Å². The highest BCUT2D eigenvalue weighted by atomic mass is 35.6. The van der Waals surface area contributed by atoms with E-state index in [1.165, 1.54) is 0 Å². The maximum absolute atomic E-state index is 5.66. The van der Waals surface area contributed by atoms with Crippen LogP contribution >= 0.6 is 34.8 Å². The molecule has 0 heterocycles. The van der Waals surface area contributed by atoms with Gasteiger partial charge in [0.2, 0.25) is 3.79 Å². The summed E-state index contributed by atoms with van der Waals surface area (Å²) in [6.07, 6.45) is 7.60. The van der Waals surface area contributed by atoms with Gasteiger partial charge in [0.1, 0.15) is 0 Å². The first-order valence-corrected chi connectivity index (χ1v) is 4.32. The molecular formula is C7H8Cl3N. The van der Waals surface area contributed by atoms with E-state index in [2.05, 4.69) is 0 Å². The molecule has 0 radical (unpaired) electrons. The lowest BCUT2D eigenvalue weighted by Gasteiger charge is -2.23. The molecule has 0 aliphatic heterocycles. The highest BCUT2D eigenvalue weighted by molar-refractivity contribution is 6.68. The van der Waals surface area contributed by atoms with Gasteiger partial charge in [-0.3, -0.25) is 0 Å². The van der Waals surface area contributed by atoms with E-state index in [1.54, 1.807) is 0 Å². The Labute approximate surface area is 80.8 Å². The van der Waals surface area contributed by atoms with Gasteiger partial charge in [-0.25, -0.2) is 0 Å². The molecule has 0 fully saturated rings. The van der Waals surface area contributed by atoms with Crippen LogP contribution in [0.15, 0.2) is 24.3 Å². The third-order valence-corrected chi connectivity index (χ3v) is 2.33. The van der Waals surface area contributed by atoms with Gasteiger partial charge in [0.15, 0.2) is 0 Å². The maximum Gasteiger partial charge on any atom is 0.206 e. The van der Waals surface area contributed by atoms with Crippen LogP contribution in [0, 0.1) is 5.92 Å². The van der Waals surface area contributed by atoms with Crippen molar-refractivity contribution in [3.63, 3.8) is 0 Å². The monoisotopic (exact) mass is 211 g/mol. The quantitative estimate of drug-likeness (QED) is 0.664. The van der Waals surface area contributed by atoms with Gasteiger partial charge >= 0.3 is 0 Å². The molecule has 0 aromatic rings. The van der Waals surface area contributed by atoms with Crippen LogP contribution in [0.25, 0.3) is 0 Å². The number of halogens is 3. The first kappa shape index (κ1) is 9.40. The van der Waals surface area contributed by atoms with E-state index in [4.69, 9.17) is 40.5 Å². The molecule has 62 valence electrons. The normalized spacial score (nSPS) is 21.1. The lowest BCUT2D eigenvalue weighted by Crippen LogP contribution is -2.39. The molecule has 2 N–H and O–H groups in total. The van der Waals surface area contributed by atoms with Gasteiger partial charge in [0.25, 0.3) is 0 Å². The number of allylic oxidation sites excluding steroid dienone is 2. The zero-order chi connectivity index (χ0) is 8.48. The minimum Gasteiger partial charge on any atom is -0.323 e. The molecule has 0 amide bonds. The number of hydrogen-bond acceptors (Lipinski definition) is 1. The van der Waals surface area contributed by atoms with Crippen LogP contribution in [-0.2, 0) is 0 Å². The van der Waals surface area contributed by atoms with Crippen molar-refractivity contribution < 1.29 is 0 Å². The van der Waals surface area contributed by atoms with Crippen LogP contribution in [-0.4, -0.2) is 9.83 Å². The van der Waals surface area contributed by atoms with Gasteiger partial charge in [-0.05, 0) is 0 Å². The lowest BCUT2D eigenvalue weighted by molar-refractivity contribution is 0.598. The second-order valence-electron chi connectivity index (χ2n) is 2.41. The molecule has 0 unspecified atom stereocenters. The van der Waals surface area contributed by atoms with Crippen molar-refractivity contribution in [2.45, 2.75) is 9.83 Å². The van der Waals surface area contributed by atoms with E-state index in [0.29, 0.717) is 0 Å². The summed E-state index contributed by atoms with van der Waals surface area (Å²) in [7, 11) is 0. The summed E-state index contributed by atoms with van der Waals surface area (Å²) in [5, 5.41) is 0. The fraction of sp³-hybridized carbons (Fsp3) is 0.429. The Morgan fingerprint density at radius 3 is 2.00 bits per heavy atom. The maximum atomic E-state index is 5.66. The van der Waals surface area contributed by atoms with Crippen LogP contribution in [0.3, 0.4) is 0 Å². The largest absolute Gasteiger partial charge is 0.323 e. The van der Waals surface area contributed by atoms with Crippen molar-refractivity contribution in [3.8, 4) is 0 Å². The van der Waals surface area contributed by atoms with Crippen LogP contribution in [0.1, 0.15) is 0 Å². The first-order chi connectivity index (χ1) is 5.02. The van der Waals surface area contributed by atoms with E-state index in [0.717, 1.165) is 0 Å². The average Bonchev–Trinajstić information content (AvgIpc) is 2.34. The Kier molecular flexibility index (Phi) is 2.87. The highest BCUT2D eigenvalue weighted by Crippen LogP contribution is 2.34. The van der Waals surface area contributed by atoms with Crippen LogP contribution in [0.4, 0.5) is 0 Å². The van der Waals surface area contributed by atoms with Crippen molar-refractivity contribution in [1.29, 1.82) is 0 Å². The third kappa shape index (κ3) is 2.38. The fourth-order valence-electron chi connectivity index (χ4n) is 0.907. The summed E-state index contributed by atoms with van der Waals surface area (Å²) in [5.74, 6) is 0.0440.